The Balaban J connectivity index is 0.000000403. The Morgan fingerprint density at radius 2 is 1.57 bits per heavy atom. The molecule has 3 aromatic carbocycles. The molecule has 0 saturated heterocycles. The molecule has 1 aliphatic heterocycles. The summed E-state index contributed by atoms with van der Waals surface area (Å²) in [5.74, 6) is 0.860. The van der Waals surface area contributed by atoms with Crippen LogP contribution in [0, 0.1) is 4.54 Å². The van der Waals surface area contributed by atoms with Gasteiger partial charge in [0.15, 0.2) is 6.04 Å². The summed E-state index contributed by atoms with van der Waals surface area (Å²) in [5, 5.41) is 6.86. The Hall–Kier alpha value is -2.90. The summed E-state index contributed by atoms with van der Waals surface area (Å²) in [6.45, 7) is 0. The fourth-order valence-electron chi connectivity index (χ4n) is 3.17. The molecular formula is C20H18BF4NO2. The van der Waals surface area contributed by atoms with E-state index < -0.39 is 7.25 Å². The predicted molar refractivity (Wildman–Crippen MR) is 103 cm³/mol. The zero-order valence-corrected chi connectivity index (χ0v) is 15.1. The van der Waals surface area contributed by atoms with Crippen LogP contribution >= 0.6 is 0 Å². The van der Waals surface area contributed by atoms with Crippen molar-refractivity contribution in [3.05, 3.63) is 82.4 Å². The van der Waals surface area contributed by atoms with Gasteiger partial charge in [-0.3, -0.25) is 0 Å². The van der Waals surface area contributed by atoms with Crippen molar-refractivity contribution in [1.29, 1.82) is 0 Å². The van der Waals surface area contributed by atoms with Crippen molar-refractivity contribution >= 4 is 18.0 Å². The maximum absolute atomic E-state index is 9.75. The zero-order chi connectivity index (χ0) is 20.1. The van der Waals surface area contributed by atoms with Crippen LogP contribution < -0.4 is 4.74 Å². The van der Waals surface area contributed by atoms with Crippen LogP contribution in [-0.4, -0.2) is 14.4 Å². The molecule has 1 aliphatic rings. The molecule has 1 heterocycles. The minimum atomic E-state index is -6.00. The van der Waals surface area contributed by atoms with Crippen LogP contribution in [0.3, 0.4) is 0 Å². The van der Waals surface area contributed by atoms with E-state index in [-0.39, 0.29) is 12.1 Å². The van der Waals surface area contributed by atoms with Crippen molar-refractivity contribution in [1.82, 2.24) is 0 Å². The topological polar surface area (TPSA) is 32.9 Å². The molecule has 0 aliphatic carbocycles. The molecule has 0 radical (unpaired) electrons. The monoisotopic (exact) mass is 391 g/mol. The summed E-state index contributed by atoms with van der Waals surface area (Å²) in [7, 11) is -4.32. The van der Waals surface area contributed by atoms with Gasteiger partial charge in [-0.2, -0.15) is 0 Å². The number of ether oxygens (including phenoxy) is 1. The van der Waals surface area contributed by atoms with Crippen molar-refractivity contribution in [2.24, 2.45) is 5.18 Å². The van der Waals surface area contributed by atoms with Crippen LogP contribution in [-0.2, 0) is 0 Å². The maximum atomic E-state index is 9.75. The molecule has 2 unspecified atom stereocenters. The second kappa shape index (κ2) is 8.41. The molecule has 4 rings (SSSR count). The summed E-state index contributed by atoms with van der Waals surface area (Å²) in [5.41, 5.74) is 2.37. The van der Waals surface area contributed by atoms with Crippen LogP contribution in [0.1, 0.15) is 29.7 Å². The lowest BCUT2D eigenvalue weighted by Gasteiger charge is -2.05. The second-order valence-corrected chi connectivity index (χ2v) is 6.29. The highest BCUT2D eigenvalue weighted by molar-refractivity contribution is 6.50. The molecule has 0 fully saturated rings. The number of fused-ring (bicyclic) bond motifs is 1. The number of methoxy groups -OCH3 is 1. The number of hydrogen-bond donors (Lipinski definition) is 0. The highest BCUT2D eigenvalue weighted by Crippen LogP contribution is 2.39. The molecule has 0 aromatic heterocycles. The van der Waals surface area contributed by atoms with Gasteiger partial charge in [-0.15, -0.1) is 4.54 Å². The largest absolute Gasteiger partial charge is 0.673 e. The van der Waals surface area contributed by atoms with Gasteiger partial charge < -0.3 is 22.0 Å². The molecule has 3 aromatic rings. The quantitative estimate of drug-likeness (QED) is 0.280. The summed E-state index contributed by atoms with van der Waals surface area (Å²) in [6.07, 6.45) is 0.869. The van der Waals surface area contributed by atoms with Gasteiger partial charge in [0.1, 0.15) is 10.9 Å². The van der Waals surface area contributed by atoms with Crippen molar-refractivity contribution in [3.8, 4) is 5.75 Å². The number of nitroso groups, excluding NO2 is 1. The van der Waals surface area contributed by atoms with E-state index in [4.69, 9.17) is 9.27 Å². The first-order chi connectivity index (χ1) is 13.3. The first-order valence-corrected chi connectivity index (χ1v) is 8.70. The number of benzene rings is 3. The van der Waals surface area contributed by atoms with Crippen LogP contribution in [0.25, 0.3) is 10.8 Å². The van der Waals surface area contributed by atoms with Crippen molar-refractivity contribution in [2.75, 3.05) is 7.11 Å². The van der Waals surface area contributed by atoms with Crippen LogP contribution in [0.15, 0.2) is 71.9 Å². The number of nitrogens with zero attached hydrogens (tertiary/aromatic N) is 1. The predicted octanol–water partition coefficient (Wildman–Crippen LogP) is 6.64. The van der Waals surface area contributed by atoms with Crippen molar-refractivity contribution < 1.29 is 22.0 Å². The molecule has 3 nitrogen and oxygen atoms in total. The Labute approximate surface area is 159 Å². The molecule has 0 N–H and O–H groups in total. The van der Waals surface area contributed by atoms with Gasteiger partial charge in [-0.25, -0.2) is 0 Å². The normalized spacial score (nSPS) is 18.6. The van der Waals surface area contributed by atoms with Crippen LogP contribution in [0.5, 0.6) is 5.75 Å². The molecule has 8 heteroatoms. The van der Waals surface area contributed by atoms with E-state index in [0.717, 1.165) is 17.7 Å². The molecule has 0 bridgehead atoms. The van der Waals surface area contributed by atoms with E-state index in [1.54, 1.807) is 7.11 Å². The SMILES string of the molecule is COc1ccc(C2CC(c3cccc4ccccc34)[O+]=N2)cc1.F[B-](F)(F)F. The number of halogens is 4. The zero-order valence-electron chi connectivity index (χ0n) is 15.1. The fourth-order valence-corrected chi connectivity index (χ4v) is 3.17. The maximum Gasteiger partial charge on any atom is 0.673 e. The fraction of sp³-hybridized carbons (Fsp3) is 0.200. The molecular weight excluding hydrogens is 373 g/mol. The van der Waals surface area contributed by atoms with E-state index in [9.17, 15) is 17.3 Å². The minimum Gasteiger partial charge on any atom is -0.497 e. The molecule has 146 valence electrons. The van der Waals surface area contributed by atoms with Gasteiger partial charge in [0.2, 0.25) is 0 Å². The van der Waals surface area contributed by atoms with Crippen LogP contribution in [0.2, 0.25) is 0 Å². The Morgan fingerprint density at radius 3 is 2.25 bits per heavy atom. The van der Waals surface area contributed by atoms with E-state index >= 15 is 0 Å². The second-order valence-electron chi connectivity index (χ2n) is 6.29. The van der Waals surface area contributed by atoms with Gasteiger partial charge >= 0.3 is 13.4 Å². The molecule has 0 amide bonds. The minimum absolute atomic E-state index is 0.00759. The van der Waals surface area contributed by atoms with E-state index in [1.807, 2.05) is 12.1 Å². The smallest absolute Gasteiger partial charge is 0.497 e. The van der Waals surface area contributed by atoms with E-state index in [2.05, 4.69) is 59.8 Å². The van der Waals surface area contributed by atoms with Crippen molar-refractivity contribution in [3.63, 3.8) is 0 Å². The summed E-state index contributed by atoms with van der Waals surface area (Å²) in [6, 6.07) is 22.9. The van der Waals surface area contributed by atoms with Gasteiger partial charge in [0.05, 0.1) is 19.1 Å². The molecule has 2 atom stereocenters. The highest BCUT2D eigenvalue weighted by Gasteiger charge is 2.37. The van der Waals surface area contributed by atoms with Gasteiger partial charge in [-0.1, -0.05) is 48.5 Å². The molecule has 28 heavy (non-hydrogen) atoms. The standard InChI is InChI=1S/C20H18NO2.BF4/c1-22-16-11-9-15(10-12-16)19-13-20(23-21-19)18-8-4-6-14-5-2-3-7-17(14)18;2-1(3,4)5/h2-12,19-20H,13H2,1H3;/q+1;-1. The van der Waals surface area contributed by atoms with Crippen molar-refractivity contribution in [2.45, 2.75) is 18.6 Å². The van der Waals surface area contributed by atoms with Gasteiger partial charge in [-0.05, 0) is 34.5 Å². The van der Waals surface area contributed by atoms with E-state index in [0.29, 0.717) is 0 Å². The van der Waals surface area contributed by atoms with Gasteiger partial charge in [0.25, 0.3) is 0 Å². The first kappa shape index (κ1) is 19.9. The number of hydrogen-bond acceptors (Lipinski definition) is 2. The highest BCUT2D eigenvalue weighted by atomic mass is 19.5. The summed E-state index contributed by atoms with van der Waals surface area (Å²) in [4.78, 5) is 0. The summed E-state index contributed by atoms with van der Waals surface area (Å²) < 4.78 is 50.0. The lowest BCUT2D eigenvalue weighted by molar-refractivity contribution is 0.368. The lowest BCUT2D eigenvalue weighted by atomic mass is 9.94. The molecule has 0 spiro atoms. The van der Waals surface area contributed by atoms with Gasteiger partial charge in [0, 0.05) is 0 Å². The first-order valence-electron chi connectivity index (χ1n) is 8.70. The summed E-state index contributed by atoms with van der Waals surface area (Å²) >= 11 is 0. The third-order valence-corrected chi connectivity index (χ3v) is 4.42. The Morgan fingerprint density at radius 1 is 0.929 bits per heavy atom. The average molecular weight is 391 g/mol. The lowest BCUT2D eigenvalue weighted by Crippen LogP contribution is -2.02. The average Bonchev–Trinajstić information content (AvgIpc) is 3.16. The number of rotatable bonds is 3. The Bertz CT molecular complexity index is 949. The third kappa shape index (κ3) is 5.09. The Kier molecular flexibility index (Phi) is 5.97. The molecule has 0 saturated carbocycles. The third-order valence-electron chi connectivity index (χ3n) is 4.42. The van der Waals surface area contributed by atoms with Crippen LogP contribution in [0.4, 0.5) is 17.3 Å². The van der Waals surface area contributed by atoms with E-state index in [1.165, 1.54) is 16.3 Å².